The van der Waals surface area contributed by atoms with Gasteiger partial charge in [0.25, 0.3) is 0 Å². The molecule has 3 rings (SSSR count). The van der Waals surface area contributed by atoms with E-state index in [0.29, 0.717) is 18.0 Å². The largest absolute Gasteiger partial charge is 0.480 e. The third kappa shape index (κ3) is 2.76. The van der Waals surface area contributed by atoms with Crippen LogP contribution in [0.15, 0.2) is 0 Å². The summed E-state index contributed by atoms with van der Waals surface area (Å²) >= 11 is 0. The molecule has 1 saturated heterocycles. The highest BCUT2D eigenvalue weighted by atomic mass is 16.4. The van der Waals surface area contributed by atoms with Crippen molar-refractivity contribution in [2.24, 2.45) is 5.92 Å². The average Bonchev–Trinajstić information content (AvgIpc) is 3.10. The molecule has 106 valence electrons. The van der Waals surface area contributed by atoms with Crippen molar-refractivity contribution in [2.75, 3.05) is 6.54 Å². The van der Waals surface area contributed by atoms with Crippen LogP contribution in [0, 0.1) is 5.92 Å². The van der Waals surface area contributed by atoms with Crippen LogP contribution >= 0.6 is 0 Å². The molecule has 2 saturated carbocycles. The number of hydrogen-bond donors (Lipinski definition) is 2. The van der Waals surface area contributed by atoms with Gasteiger partial charge < -0.3 is 10.4 Å². The van der Waals surface area contributed by atoms with Crippen molar-refractivity contribution in [3.05, 3.63) is 0 Å². The van der Waals surface area contributed by atoms with Gasteiger partial charge in [-0.05, 0) is 38.0 Å². The first kappa shape index (κ1) is 12.9. The molecule has 0 aromatic rings. The number of carboxylic acid groups (broad SMARTS) is 1. The van der Waals surface area contributed by atoms with E-state index in [1.54, 1.807) is 0 Å². The highest BCUT2D eigenvalue weighted by Crippen LogP contribution is 2.39. The van der Waals surface area contributed by atoms with Crippen LogP contribution in [-0.4, -0.2) is 46.6 Å². The zero-order valence-electron chi connectivity index (χ0n) is 11.2. The highest BCUT2D eigenvalue weighted by molar-refractivity contribution is 5.80. The molecular weight excluding hydrogens is 244 g/mol. The van der Waals surface area contributed by atoms with Gasteiger partial charge >= 0.3 is 5.97 Å². The molecule has 5 nitrogen and oxygen atoms in total. The Bertz CT molecular complexity index is 381. The minimum Gasteiger partial charge on any atom is -0.480 e. The average molecular weight is 266 g/mol. The number of carbonyl (C=O) groups excluding carboxylic acids is 1. The van der Waals surface area contributed by atoms with Crippen molar-refractivity contribution in [3.63, 3.8) is 0 Å². The van der Waals surface area contributed by atoms with Crippen LogP contribution in [0.1, 0.15) is 44.9 Å². The van der Waals surface area contributed by atoms with Gasteiger partial charge in [0, 0.05) is 12.1 Å². The standard InChI is InChI=1S/C14H22N2O3/c17-13(15-10-5-6-10)8-16-11-4-2-1-3-9(11)7-12(16)14(18)19/h9-12H,1-8H2,(H,15,17)(H,18,19)/t9-,11-,12+/m1/s1. The normalized spacial score (nSPS) is 34.8. The predicted octanol–water partition coefficient (Wildman–Crippen LogP) is 0.983. The predicted molar refractivity (Wildman–Crippen MR) is 69.7 cm³/mol. The second-order valence-electron chi connectivity index (χ2n) is 6.22. The van der Waals surface area contributed by atoms with Crippen LogP contribution in [0.25, 0.3) is 0 Å². The number of aliphatic carboxylic acids is 1. The second kappa shape index (κ2) is 5.12. The van der Waals surface area contributed by atoms with Crippen molar-refractivity contribution in [3.8, 4) is 0 Å². The molecule has 0 aromatic heterocycles. The van der Waals surface area contributed by atoms with Gasteiger partial charge in [0.15, 0.2) is 0 Å². The molecule has 0 spiro atoms. The molecule has 0 aromatic carbocycles. The van der Waals surface area contributed by atoms with Crippen LogP contribution in [0.3, 0.4) is 0 Å². The Labute approximate surface area is 113 Å². The lowest BCUT2D eigenvalue weighted by atomic mass is 9.85. The molecule has 19 heavy (non-hydrogen) atoms. The van der Waals surface area contributed by atoms with Crippen molar-refractivity contribution in [2.45, 2.75) is 63.1 Å². The first-order chi connectivity index (χ1) is 9.15. The summed E-state index contributed by atoms with van der Waals surface area (Å²) in [6.45, 7) is 0.259. The van der Waals surface area contributed by atoms with Gasteiger partial charge in [0.1, 0.15) is 6.04 Å². The lowest BCUT2D eigenvalue weighted by molar-refractivity contribution is -0.143. The Kier molecular flexibility index (Phi) is 3.48. The maximum Gasteiger partial charge on any atom is 0.320 e. The molecule has 1 aliphatic heterocycles. The summed E-state index contributed by atoms with van der Waals surface area (Å²) in [4.78, 5) is 25.3. The summed E-state index contributed by atoms with van der Waals surface area (Å²) < 4.78 is 0. The van der Waals surface area contributed by atoms with E-state index in [-0.39, 0.29) is 12.5 Å². The van der Waals surface area contributed by atoms with Gasteiger partial charge in [-0.2, -0.15) is 0 Å². The number of carbonyl (C=O) groups is 2. The molecule has 3 fully saturated rings. The highest BCUT2D eigenvalue weighted by Gasteiger charge is 2.45. The summed E-state index contributed by atoms with van der Waals surface area (Å²) in [5.74, 6) is -0.294. The smallest absolute Gasteiger partial charge is 0.320 e. The van der Waals surface area contributed by atoms with Gasteiger partial charge in [0.05, 0.1) is 6.54 Å². The molecular formula is C14H22N2O3. The Morgan fingerprint density at radius 3 is 2.58 bits per heavy atom. The van der Waals surface area contributed by atoms with E-state index in [1.165, 1.54) is 6.42 Å². The van der Waals surface area contributed by atoms with Crippen molar-refractivity contribution >= 4 is 11.9 Å². The van der Waals surface area contributed by atoms with E-state index in [9.17, 15) is 14.7 Å². The van der Waals surface area contributed by atoms with Gasteiger partial charge in [0.2, 0.25) is 5.91 Å². The minimum absolute atomic E-state index is 0.0000246. The van der Waals surface area contributed by atoms with Gasteiger partial charge in [-0.1, -0.05) is 12.8 Å². The number of rotatable bonds is 4. The fourth-order valence-corrected chi connectivity index (χ4v) is 3.69. The van der Waals surface area contributed by atoms with Crippen molar-refractivity contribution < 1.29 is 14.7 Å². The van der Waals surface area contributed by atoms with Crippen LogP contribution in [0.4, 0.5) is 0 Å². The van der Waals surface area contributed by atoms with Crippen molar-refractivity contribution in [1.29, 1.82) is 0 Å². The maximum atomic E-state index is 11.9. The summed E-state index contributed by atoms with van der Waals surface area (Å²) in [7, 11) is 0. The van der Waals surface area contributed by atoms with E-state index in [0.717, 1.165) is 38.5 Å². The van der Waals surface area contributed by atoms with Crippen LogP contribution < -0.4 is 5.32 Å². The molecule has 3 aliphatic rings. The Morgan fingerprint density at radius 2 is 1.89 bits per heavy atom. The molecule has 0 unspecified atom stereocenters. The molecule has 0 radical (unpaired) electrons. The lowest BCUT2D eigenvalue weighted by Crippen LogP contribution is -2.47. The fraction of sp³-hybridized carbons (Fsp3) is 0.857. The fourth-order valence-electron chi connectivity index (χ4n) is 3.69. The molecule has 2 aliphatic carbocycles. The topological polar surface area (TPSA) is 69.6 Å². The third-order valence-corrected chi connectivity index (χ3v) is 4.77. The van der Waals surface area contributed by atoms with E-state index in [4.69, 9.17) is 0 Å². The molecule has 3 atom stereocenters. The summed E-state index contributed by atoms with van der Waals surface area (Å²) in [6.07, 6.45) is 7.39. The molecule has 2 N–H and O–H groups in total. The number of hydrogen-bond acceptors (Lipinski definition) is 3. The maximum absolute atomic E-state index is 11.9. The van der Waals surface area contributed by atoms with Gasteiger partial charge in [-0.15, -0.1) is 0 Å². The summed E-state index contributed by atoms with van der Waals surface area (Å²) in [5, 5.41) is 12.3. The second-order valence-corrected chi connectivity index (χ2v) is 6.22. The molecule has 1 amide bonds. The Hall–Kier alpha value is -1.10. The number of nitrogens with one attached hydrogen (secondary N) is 1. The number of carboxylic acids is 1. The zero-order valence-corrected chi connectivity index (χ0v) is 11.2. The SMILES string of the molecule is O=C(CN1[C@@H]2CCCC[C@@H]2C[C@H]1C(=O)O)NC1CC1. The van der Waals surface area contributed by atoms with Crippen molar-refractivity contribution in [1.82, 2.24) is 10.2 Å². The van der Waals surface area contributed by atoms with E-state index in [2.05, 4.69) is 5.32 Å². The Balaban J connectivity index is 1.66. The number of likely N-dealkylation sites (tertiary alicyclic amines) is 1. The lowest BCUT2D eigenvalue weighted by Gasteiger charge is -2.32. The quantitative estimate of drug-likeness (QED) is 0.796. The minimum atomic E-state index is -0.770. The van der Waals surface area contributed by atoms with Gasteiger partial charge in [-0.3, -0.25) is 14.5 Å². The third-order valence-electron chi connectivity index (χ3n) is 4.77. The summed E-state index contributed by atoms with van der Waals surface area (Å²) in [6, 6.07) is 0.193. The van der Waals surface area contributed by atoms with Crippen LogP contribution in [0.2, 0.25) is 0 Å². The molecule has 0 bridgehead atoms. The summed E-state index contributed by atoms with van der Waals surface area (Å²) in [5.41, 5.74) is 0. The number of fused-ring (bicyclic) bond motifs is 1. The molecule has 5 heteroatoms. The zero-order chi connectivity index (χ0) is 13.4. The van der Waals surface area contributed by atoms with E-state index in [1.807, 2.05) is 4.90 Å². The van der Waals surface area contributed by atoms with E-state index >= 15 is 0 Å². The first-order valence-electron chi connectivity index (χ1n) is 7.43. The first-order valence-corrected chi connectivity index (χ1v) is 7.43. The Morgan fingerprint density at radius 1 is 1.16 bits per heavy atom. The van der Waals surface area contributed by atoms with Crippen LogP contribution in [0.5, 0.6) is 0 Å². The monoisotopic (exact) mass is 266 g/mol. The number of nitrogens with zero attached hydrogens (tertiary/aromatic N) is 1. The van der Waals surface area contributed by atoms with Crippen LogP contribution in [-0.2, 0) is 9.59 Å². The van der Waals surface area contributed by atoms with Gasteiger partial charge in [-0.25, -0.2) is 0 Å². The molecule has 1 heterocycles. The number of amides is 1. The van der Waals surface area contributed by atoms with E-state index < -0.39 is 12.0 Å².